The summed E-state index contributed by atoms with van der Waals surface area (Å²) in [5.74, 6) is -4.36. The van der Waals surface area contributed by atoms with E-state index in [0.717, 1.165) is 0 Å². The molecule has 57 heavy (non-hydrogen) atoms. The molecular weight excluding hydrogens is 746 g/mol. The summed E-state index contributed by atoms with van der Waals surface area (Å²) >= 11 is 0. The first-order valence-corrected chi connectivity index (χ1v) is 19.0. The molecule has 0 spiro atoms. The number of aliphatic hydroxyl groups is 5. The zero-order valence-corrected chi connectivity index (χ0v) is 33.3. The molecule has 4 aliphatic rings. The molecule has 2 aromatic rings. The number of carbonyl (C=O) groups is 4. The lowest BCUT2D eigenvalue weighted by molar-refractivity contribution is -0.365. The third-order valence-corrected chi connectivity index (χ3v) is 12.5. The number of aliphatic hydroxyl groups excluding tert-OH is 4. The van der Waals surface area contributed by atoms with Crippen molar-refractivity contribution >= 4 is 24.0 Å². The Morgan fingerprint density at radius 1 is 0.982 bits per heavy atom. The van der Waals surface area contributed by atoms with Crippen molar-refractivity contribution in [2.24, 2.45) is 16.7 Å². The van der Waals surface area contributed by atoms with Gasteiger partial charge in [-0.2, -0.15) is 0 Å². The van der Waals surface area contributed by atoms with E-state index in [1.807, 2.05) is 0 Å². The number of amides is 1. The molecule has 2 saturated carbocycles. The van der Waals surface area contributed by atoms with Crippen LogP contribution in [0.1, 0.15) is 90.4 Å². The molecule has 6 rings (SSSR count). The molecule has 1 amide bonds. The van der Waals surface area contributed by atoms with E-state index in [1.54, 1.807) is 52.8 Å². The predicted molar refractivity (Wildman–Crippen MR) is 197 cm³/mol. The number of ether oxygens (including phenoxy) is 5. The Balaban J connectivity index is 1.48. The first kappa shape index (κ1) is 42.3. The van der Waals surface area contributed by atoms with Crippen LogP contribution in [0.5, 0.6) is 0 Å². The number of benzene rings is 1. The van der Waals surface area contributed by atoms with Crippen molar-refractivity contribution in [1.29, 1.82) is 0 Å². The lowest BCUT2D eigenvalue weighted by Gasteiger charge is -2.69. The maximum absolute atomic E-state index is 14.1. The molecule has 3 aliphatic carbocycles. The first-order valence-electron chi connectivity index (χ1n) is 19.0. The first-order chi connectivity index (χ1) is 26.5. The lowest BCUT2D eigenvalue weighted by atomic mass is 9.44. The second-order valence-corrected chi connectivity index (χ2v) is 17.4. The van der Waals surface area contributed by atoms with Crippen LogP contribution in [-0.2, 0) is 33.3 Å². The number of esters is 3. The number of hydrogen-bond acceptors (Lipinski definition) is 15. The largest absolute Gasteiger partial charge is 0.467 e. The van der Waals surface area contributed by atoms with E-state index >= 15 is 0 Å². The second-order valence-electron chi connectivity index (χ2n) is 17.4. The van der Waals surface area contributed by atoms with Crippen molar-refractivity contribution in [3.63, 3.8) is 0 Å². The fraction of sp³-hybridized carbons (Fsp3) is 0.610. The molecule has 3 fully saturated rings. The highest BCUT2D eigenvalue weighted by molar-refractivity contribution is 5.89. The van der Waals surface area contributed by atoms with Gasteiger partial charge in [-0.1, -0.05) is 39.0 Å². The fourth-order valence-corrected chi connectivity index (χ4v) is 9.55. The zero-order valence-electron chi connectivity index (χ0n) is 33.3. The Morgan fingerprint density at radius 3 is 2.21 bits per heavy atom. The van der Waals surface area contributed by atoms with E-state index in [4.69, 9.17) is 28.1 Å². The topological polar surface area (TPSA) is 241 Å². The van der Waals surface area contributed by atoms with Crippen molar-refractivity contribution in [1.82, 2.24) is 5.32 Å². The van der Waals surface area contributed by atoms with E-state index in [2.05, 4.69) is 5.32 Å². The molecule has 1 saturated heterocycles. The number of furan rings is 1. The van der Waals surface area contributed by atoms with E-state index in [-0.39, 0.29) is 35.5 Å². The van der Waals surface area contributed by atoms with Gasteiger partial charge in [-0.15, -0.1) is 0 Å². The SMILES string of the molecule is CC(=O)O[C@@]12CO[C@@H]1C[C@H](O)[C@@]1(C)[C@H](O)[C@H](O)C3=C(C)[C@@H](OC(=O)[C@H](O)[C@@H](NC(=O)OC(C)(C)C)c4ccco4)C[C@@](O)([C@@H](OC(=O)c4ccccc4)[C@H]21)C3(C)C. The van der Waals surface area contributed by atoms with E-state index < -0.39 is 113 Å². The van der Waals surface area contributed by atoms with Gasteiger partial charge in [0.1, 0.15) is 47.4 Å². The van der Waals surface area contributed by atoms with Crippen LogP contribution in [0.2, 0.25) is 0 Å². The average molecular weight is 800 g/mol. The highest BCUT2D eigenvalue weighted by atomic mass is 16.6. The maximum atomic E-state index is 14.1. The standard InChI is InChI=1S/C41H53NO15/c1-20-24(54-35(49)30(46)28(23-15-12-16-52-23)42-36(50)57-37(3,4)5)18-41(51)33(55-34(48)22-13-10-9-11-14-22)31-39(8,32(47)29(45)27(20)38(41,6)7)25(44)17-26-40(31,19-53-26)56-21(2)43/h9-16,24-26,28-33,44-47,51H,17-19H2,1-8H3,(H,42,50)/t24-,25-,26+,28-,29+,30+,31-,32+,33-,39+,40-,41+/m0/s1. The second kappa shape index (κ2) is 14.8. The van der Waals surface area contributed by atoms with Crippen LogP contribution < -0.4 is 5.32 Å². The van der Waals surface area contributed by atoms with Crippen LogP contribution in [0.25, 0.3) is 0 Å². The summed E-state index contributed by atoms with van der Waals surface area (Å²) in [5, 5.41) is 63.8. The normalized spacial score (nSPS) is 35.4. The Hall–Kier alpha value is -4.32. The highest BCUT2D eigenvalue weighted by Gasteiger charge is 2.77. The molecule has 16 heteroatoms. The smallest absolute Gasteiger partial charge is 0.408 e. The van der Waals surface area contributed by atoms with Crippen LogP contribution in [0.3, 0.4) is 0 Å². The number of fused-ring (bicyclic) bond motifs is 5. The summed E-state index contributed by atoms with van der Waals surface area (Å²) in [6, 6.07) is 9.30. The molecule has 12 atom stereocenters. The average Bonchev–Trinajstić information content (AvgIpc) is 3.66. The minimum atomic E-state index is -2.32. The van der Waals surface area contributed by atoms with Gasteiger partial charge in [-0.25, -0.2) is 14.4 Å². The van der Waals surface area contributed by atoms with Gasteiger partial charge in [-0.05, 0) is 63.1 Å². The quantitative estimate of drug-likeness (QED) is 0.128. The van der Waals surface area contributed by atoms with Gasteiger partial charge in [0.15, 0.2) is 11.7 Å². The molecule has 0 radical (unpaired) electrons. The summed E-state index contributed by atoms with van der Waals surface area (Å²) in [6.45, 7) is 12.0. The minimum Gasteiger partial charge on any atom is -0.467 e. The van der Waals surface area contributed by atoms with Gasteiger partial charge in [0.25, 0.3) is 0 Å². The van der Waals surface area contributed by atoms with Crippen LogP contribution in [0.4, 0.5) is 4.79 Å². The molecule has 16 nitrogen and oxygen atoms in total. The van der Waals surface area contributed by atoms with Crippen molar-refractivity contribution in [3.05, 3.63) is 71.2 Å². The number of hydrogen-bond donors (Lipinski definition) is 6. The monoisotopic (exact) mass is 799 g/mol. The molecule has 1 aliphatic heterocycles. The van der Waals surface area contributed by atoms with Gasteiger partial charge in [-0.3, -0.25) is 4.79 Å². The summed E-state index contributed by atoms with van der Waals surface area (Å²) in [7, 11) is 0. The van der Waals surface area contributed by atoms with Gasteiger partial charge >= 0.3 is 24.0 Å². The van der Waals surface area contributed by atoms with Crippen molar-refractivity contribution in [3.8, 4) is 0 Å². The number of carbonyl (C=O) groups excluding carboxylic acids is 4. The molecule has 0 unspecified atom stereocenters. The number of nitrogens with one attached hydrogen (secondary N) is 1. The summed E-state index contributed by atoms with van der Waals surface area (Å²) in [6.07, 6.45) is -11.7. The summed E-state index contributed by atoms with van der Waals surface area (Å²) in [4.78, 5) is 53.7. The molecule has 312 valence electrons. The van der Waals surface area contributed by atoms with Crippen LogP contribution in [-0.4, -0.2) is 116 Å². The molecular formula is C41H53NO15. The summed E-state index contributed by atoms with van der Waals surface area (Å²) < 4.78 is 34.9. The minimum absolute atomic E-state index is 0.0106. The van der Waals surface area contributed by atoms with Gasteiger partial charge in [0.05, 0.1) is 36.6 Å². The molecule has 2 bridgehead atoms. The Bertz CT molecular complexity index is 1890. The maximum Gasteiger partial charge on any atom is 0.408 e. The third-order valence-electron chi connectivity index (χ3n) is 12.5. The molecule has 2 heterocycles. The fourth-order valence-electron chi connectivity index (χ4n) is 9.55. The number of rotatable bonds is 8. The van der Waals surface area contributed by atoms with Gasteiger partial charge < -0.3 is 59.0 Å². The molecule has 1 aromatic carbocycles. The van der Waals surface area contributed by atoms with Crippen molar-refractivity contribution < 1.29 is 72.8 Å². The van der Waals surface area contributed by atoms with E-state index in [9.17, 15) is 44.7 Å². The van der Waals surface area contributed by atoms with E-state index in [1.165, 1.54) is 51.3 Å². The van der Waals surface area contributed by atoms with Crippen molar-refractivity contribution in [2.45, 2.75) is 134 Å². The van der Waals surface area contributed by atoms with Gasteiger partial charge in [0.2, 0.25) is 0 Å². The van der Waals surface area contributed by atoms with Crippen LogP contribution in [0, 0.1) is 16.7 Å². The molecule has 1 aromatic heterocycles. The van der Waals surface area contributed by atoms with Crippen molar-refractivity contribution in [2.75, 3.05) is 6.61 Å². The third kappa shape index (κ3) is 7.03. The summed E-state index contributed by atoms with van der Waals surface area (Å²) in [5.41, 5.74) is -8.02. The van der Waals surface area contributed by atoms with Gasteiger partial charge in [0, 0.05) is 30.6 Å². The van der Waals surface area contributed by atoms with Crippen LogP contribution in [0.15, 0.2) is 64.3 Å². The Labute approximate surface area is 330 Å². The lowest BCUT2D eigenvalue weighted by Crippen LogP contribution is -2.82. The van der Waals surface area contributed by atoms with E-state index in [0.29, 0.717) is 0 Å². The predicted octanol–water partition coefficient (Wildman–Crippen LogP) is 2.64. The zero-order chi connectivity index (χ0) is 42.0. The molecule has 6 N–H and O–H groups in total. The van der Waals surface area contributed by atoms with Crippen LogP contribution >= 0.6 is 0 Å². The number of alkyl carbamates (subject to hydrolysis) is 1. The Morgan fingerprint density at radius 2 is 1.65 bits per heavy atom. The highest BCUT2D eigenvalue weighted by Crippen LogP contribution is 2.65. The Kier molecular flexibility index (Phi) is 11.0.